The minimum atomic E-state index is -5.08. The topological polar surface area (TPSA) is 110 Å². The summed E-state index contributed by atoms with van der Waals surface area (Å²) in [4.78, 5) is 27.6. The number of benzene rings is 1. The summed E-state index contributed by atoms with van der Waals surface area (Å²) < 4.78 is 68.1. The highest BCUT2D eigenvalue weighted by Crippen LogP contribution is 2.32. The minimum Gasteiger partial charge on any atom is -0.475 e. The summed E-state index contributed by atoms with van der Waals surface area (Å²) in [6.45, 7) is -0.332. The van der Waals surface area contributed by atoms with Crippen LogP contribution in [-0.2, 0) is 4.79 Å². The third-order valence-corrected chi connectivity index (χ3v) is 5.49. The van der Waals surface area contributed by atoms with E-state index in [4.69, 9.17) is 14.6 Å². The Bertz CT molecular complexity index is 1440. The number of carboxylic acids is 1. The van der Waals surface area contributed by atoms with Crippen LogP contribution in [0.3, 0.4) is 0 Å². The van der Waals surface area contributed by atoms with Crippen molar-refractivity contribution in [3.63, 3.8) is 0 Å². The van der Waals surface area contributed by atoms with Gasteiger partial charge in [0.05, 0.1) is 17.6 Å². The Labute approximate surface area is 205 Å². The number of rotatable bonds is 3. The Morgan fingerprint density at radius 3 is 2.54 bits per heavy atom. The molecule has 37 heavy (non-hydrogen) atoms. The molecule has 9 nitrogen and oxygen atoms in total. The molecule has 0 saturated carbocycles. The van der Waals surface area contributed by atoms with Gasteiger partial charge in [0.15, 0.2) is 11.8 Å². The van der Waals surface area contributed by atoms with E-state index in [2.05, 4.69) is 15.2 Å². The van der Waals surface area contributed by atoms with E-state index in [1.807, 2.05) is 18.2 Å². The van der Waals surface area contributed by atoms with Crippen LogP contribution in [0.25, 0.3) is 16.6 Å². The van der Waals surface area contributed by atoms with Gasteiger partial charge in [0.25, 0.3) is 11.8 Å². The Kier molecular flexibility index (Phi) is 6.92. The van der Waals surface area contributed by atoms with E-state index in [1.54, 1.807) is 40.9 Å². The van der Waals surface area contributed by atoms with Gasteiger partial charge in [-0.3, -0.25) is 9.20 Å². The van der Waals surface area contributed by atoms with E-state index < -0.39 is 30.6 Å². The van der Waals surface area contributed by atoms with Crippen LogP contribution in [0.5, 0.6) is 5.88 Å². The van der Waals surface area contributed by atoms with Gasteiger partial charge in [0, 0.05) is 30.6 Å². The number of amides is 1. The first-order chi connectivity index (χ1) is 17.5. The summed E-state index contributed by atoms with van der Waals surface area (Å²) in [6.07, 6.45) is -3.88. The van der Waals surface area contributed by atoms with Crippen molar-refractivity contribution in [3.8, 4) is 5.88 Å². The molecule has 194 valence electrons. The lowest BCUT2D eigenvalue weighted by Crippen LogP contribution is -2.55. The molecule has 0 aliphatic carbocycles. The highest BCUT2D eigenvalue weighted by Gasteiger charge is 2.47. The van der Waals surface area contributed by atoms with E-state index in [0.29, 0.717) is 16.7 Å². The summed E-state index contributed by atoms with van der Waals surface area (Å²) >= 11 is 0. The molecule has 1 atom stereocenters. The zero-order chi connectivity index (χ0) is 26.8. The van der Waals surface area contributed by atoms with Crippen molar-refractivity contribution in [3.05, 3.63) is 66.6 Å². The quantitative estimate of drug-likeness (QED) is 0.407. The number of halogens is 5. The van der Waals surface area contributed by atoms with Crippen molar-refractivity contribution >= 4 is 28.4 Å². The lowest BCUT2D eigenvalue weighted by molar-refractivity contribution is -0.192. The third-order valence-electron chi connectivity index (χ3n) is 5.49. The van der Waals surface area contributed by atoms with Crippen molar-refractivity contribution < 1.29 is 41.4 Å². The number of para-hydroxylation sites is 1. The SMILES string of the molecule is O=C(O)C(F)(F)F.O=C(c1cccn2cnnc12)N1CCC(F)(F)C(Oc2ccc3ccccc3n2)C1. The average Bonchev–Trinajstić information content (AvgIpc) is 3.34. The Morgan fingerprint density at radius 1 is 1.08 bits per heavy atom. The van der Waals surface area contributed by atoms with E-state index in [9.17, 15) is 26.7 Å². The first kappa shape index (κ1) is 25.7. The number of alkyl halides is 5. The van der Waals surface area contributed by atoms with Crippen molar-refractivity contribution in [2.24, 2.45) is 0 Å². The predicted octanol–water partition coefficient (Wildman–Crippen LogP) is 3.84. The van der Waals surface area contributed by atoms with Crippen molar-refractivity contribution in [1.82, 2.24) is 24.5 Å². The number of piperidine rings is 1. The lowest BCUT2D eigenvalue weighted by atomic mass is 10.0. The van der Waals surface area contributed by atoms with E-state index in [1.165, 1.54) is 11.2 Å². The van der Waals surface area contributed by atoms with Gasteiger partial charge < -0.3 is 14.7 Å². The largest absolute Gasteiger partial charge is 0.490 e. The van der Waals surface area contributed by atoms with Crippen LogP contribution in [0.2, 0.25) is 0 Å². The molecule has 0 spiro atoms. The smallest absolute Gasteiger partial charge is 0.475 e. The van der Waals surface area contributed by atoms with Crippen molar-refractivity contribution in [2.75, 3.05) is 13.1 Å². The Balaban J connectivity index is 0.000000405. The minimum absolute atomic E-state index is 0.0773. The molecule has 4 aromatic rings. The number of hydrogen-bond acceptors (Lipinski definition) is 6. The summed E-state index contributed by atoms with van der Waals surface area (Å²) in [5.74, 6) is -6.12. The summed E-state index contributed by atoms with van der Waals surface area (Å²) in [5.41, 5.74) is 1.34. The first-order valence-electron chi connectivity index (χ1n) is 10.7. The molecule has 0 bridgehead atoms. The molecule has 1 aromatic carbocycles. The molecule has 5 rings (SSSR count). The fraction of sp³-hybridized carbons (Fsp3) is 0.261. The maximum Gasteiger partial charge on any atom is 0.490 e. The standard InChI is InChI=1S/C21H17F2N5O2.C2HF3O2/c22-21(23)9-11-27(20(29)15-5-3-10-28-13-24-26-19(15)28)12-17(21)30-18-8-7-14-4-1-2-6-16(14)25-18;3-2(4,5)1(6)7/h1-8,10,13,17H,9,11-12H2;(H,6,7). The zero-order valence-corrected chi connectivity index (χ0v) is 18.8. The molecule has 14 heteroatoms. The number of aliphatic carboxylic acids is 1. The van der Waals surface area contributed by atoms with Crippen molar-refractivity contribution in [1.29, 1.82) is 0 Å². The highest BCUT2D eigenvalue weighted by atomic mass is 19.4. The van der Waals surface area contributed by atoms with Crippen LogP contribution >= 0.6 is 0 Å². The molecule has 1 aliphatic rings. The molecular weight excluding hydrogens is 505 g/mol. The van der Waals surface area contributed by atoms with Gasteiger partial charge in [-0.2, -0.15) is 13.2 Å². The number of aromatic nitrogens is 4. The van der Waals surface area contributed by atoms with Crippen LogP contribution in [0.1, 0.15) is 16.8 Å². The summed E-state index contributed by atoms with van der Waals surface area (Å²) in [7, 11) is 0. The lowest BCUT2D eigenvalue weighted by Gasteiger charge is -2.37. The average molecular weight is 523 g/mol. The fourth-order valence-electron chi connectivity index (χ4n) is 3.62. The molecule has 1 saturated heterocycles. The van der Waals surface area contributed by atoms with Gasteiger partial charge in [-0.25, -0.2) is 18.6 Å². The number of hydrogen-bond donors (Lipinski definition) is 1. The number of ether oxygens (including phenoxy) is 1. The first-order valence-corrected chi connectivity index (χ1v) is 10.7. The van der Waals surface area contributed by atoms with Gasteiger partial charge >= 0.3 is 12.1 Å². The Hall–Kier alpha value is -4.36. The van der Waals surface area contributed by atoms with Crippen LogP contribution in [0, 0.1) is 0 Å². The molecule has 3 aromatic heterocycles. The fourth-order valence-corrected chi connectivity index (χ4v) is 3.62. The van der Waals surface area contributed by atoms with E-state index in [0.717, 1.165) is 5.39 Å². The normalized spacial score (nSPS) is 17.2. The molecule has 1 aliphatic heterocycles. The molecule has 0 radical (unpaired) electrons. The van der Waals surface area contributed by atoms with Gasteiger partial charge in [0.1, 0.15) is 6.33 Å². The maximum absolute atomic E-state index is 14.6. The van der Waals surface area contributed by atoms with Gasteiger partial charge in [-0.1, -0.05) is 18.2 Å². The predicted molar refractivity (Wildman–Crippen MR) is 118 cm³/mol. The van der Waals surface area contributed by atoms with Gasteiger partial charge in [-0.05, 0) is 24.3 Å². The number of carbonyl (C=O) groups is 2. The second kappa shape index (κ2) is 9.95. The molecule has 1 unspecified atom stereocenters. The number of pyridine rings is 2. The van der Waals surface area contributed by atoms with E-state index >= 15 is 0 Å². The number of likely N-dealkylation sites (tertiary alicyclic amines) is 1. The van der Waals surface area contributed by atoms with Crippen LogP contribution in [0.15, 0.2) is 61.1 Å². The molecule has 1 amide bonds. The number of nitrogens with zero attached hydrogens (tertiary/aromatic N) is 5. The zero-order valence-electron chi connectivity index (χ0n) is 18.8. The third kappa shape index (κ3) is 5.73. The molecular formula is C23H18F5N5O4. The molecule has 4 heterocycles. The number of carbonyl (C=O) groups excluding carboxylic acids is 1. The molecule has 1 fully saturated rings. The Morgan fingerprint density at radius 2 is 1.81 bits per heavy atom. The highest BCUT2D eigenvalue weighted by molar-refractivity contribution is 5.99. The van der Waals surface area contributed by atoms with Crippen LogP contribution in [0.4, 0.5) is 22.0 Å². The van der Waals surface area contributed by atoms with Gasteiger partial charge in [0.2, 0.25) is 5.88 Å². The molecule has 1 N–H and O–H groups in total. The maximum atomic E-state index is 14.6. The van der Waals surface area contributed by atoms with E-state index in [-0.39, 0.29) is 24.9 Å². The van der Waals surface area contributed by atoms with Crippen LogP contribution in [-0.4, -0.2) is 72.8 Å². The second-order valence-electron chi connectivity index (χ2n) is 8.00. The number of fused-ring (bicyclic) bond motifs is 2. The van der Waals surface area contributed by atoms with Crippen LogP contribution < -0.4 is 4.74 Å². The van der Waals surface area contributed by atoms with Gasteiger partial charge in [-0.15, -0.1) is 10.2 Å². The monoisotopic (exact) mass is 523 g/mol. The summed E-state index contributed by atoms with van der Waals surface area (Å²) in [6, 6.07) is 14.0. The summed E-state index contributed by atoms with van der Waals surface area (Å²) in [5, 5.41) is 15.8. The number of carboxylic acid groups (broad SMARTS) is 1. The second-order valence-corrected chi connectivity index (χ2v) is 8.00. The van der Waals surface area contributed by atoms with Crippen molar-refractivity contribution in [2.45, 2.75) is 24.6 Å².